The number of nitrogens with zero attached hydrogens (tertiary/aromatic N) is 4. The van der Waals surface area contributed by atoms with Crippen LogP contribution in [0.2, 0.25) is 0 Å². The summed E-state index contributed by atoms with van der Waals surface area (Å²) in [7, 11) is -2.85. The lowest BCUT2D eigenvalue weighted by Crippen LogP contribution is -2.36. The number of hydrogen-bond acceptors (Lipinski definition) is 6. The summed E-state index contributed by atoms with van der Waals surface area (Å²) >= 11 is 0. The number of tetrazole rings is 1. The number of aromatic nitrogens is 4. The van der Waals surface area contributed by atoms with E-state index in [0.29, 0.717) is 19.4 Å². The standard InChI is InChI=1S/C11H21N5O2S/c1-11(2,3)12-8-10-13-14-15-16(10)9-4-6-19(17,18)7-5-9/h9,12H,4-8H2,1-3H3. The lowest BCUT2D eigenvalue weighted by atomic mass is 10.1. The Hall–Kier alpha value is -1.02. The quantitative estimate of drug-likeness (QED) is 0.860. The van der Waals surface area contributed by atoms with Gasteiger partial charge in [-0.05, 0) is 44.0 Å². The van der Waals surface area contributed by atoms with Crippen molar-refractivity contribution in [1.29, 1.82) is 0 Å². The van der Waals surface area contributed by atoms with Gasteiger partial charge in [-0.15, -0.1) is 5.10 Å². The van der Waals surface area contributed by atoms with Crippen molar-refractivity contribution in [3.8, 4) is 0 Å². The summed E-state index contributed by atoms with van der Waals surface area (Å²) in [5.41, 5.74) is -0.00726. The van der Waals surface area contributed by atoms with E-state index in [-0.39, 0.29) is 23.1 Å². The van der Waals surface area contributed by atoms with Gasteiger partial charge in [0, 0.05) is 5.54 Å². The van der Waals surface area contributed by atoms with E-state index in [2.05, 4.69) is 41.6 Å². The molecule has 0 bridgehead atoms. The minimum absolute atomic E-state index is 0.00726. The van der Waals surface area contributed by atoms with E-state index in [1.165, 1.54) is 0 Å². The first kappa shape index (κ1) is 14.4. The maximum absolute atomic E-state index is 11.4. The van der Waals surface area contributed by atoms with Gasteiger partial charge in [-0.1, -0.05) is 0 Å². The van der Waals surface area contributed by atoms with Crippen molar-refractivity contribution in [3.05, 3.63) is 5.82 Å². The Bertz CT molecular complexity index is 518. The Morgan fingerprint density at radius 1 is 1.32 bits per heavy atom. The Morgan fingerprint density at radius 2 is 1.95 bits per heavy atom. The molecule has 1 fully saturated rings. The molecule has 8 heteroatoms. The molecule has 0 aliphatic carbocycles. The highest BCUT2D eigenvalue weighted by atomic mass is 32.2. The second kappa shape index (κ2) is 5.16. The van der Waals surface area contributed by atoms with Crippen molar-refractivity contribution in [2.75, 3.05) is 11.5 Å². The summed E-state index contributed by atoms with van der Waals surface area (Å²) in [6, 6.07) is 0.0929. The summed E-state index contributed by atoms with van der Waals surface area (Å²) in [4.78, 5) is 0. The molecule has 1 aliphatic rings. The van der Waals surface area contributed by atoms with Crippen molar-refractivity contribution < 1.29 is 8.42 Å². The molecule has 19 heavy (non-hydrogen) atoms. The summed E-state index contributed by atoms with van der Waals surface area (Å²) in [5, 5.41) is 15.1. The second-order valence-electron chi connectivity index (χ2n) is 6.03. The summed E-state index contributed by atoms with van der Waals surface area (Å²) in [6.07, 6.45) is 1.19. The first-order chi connectivity index (χ1) is 8.77. The molecule has 0 amide bonds. The molecule has 2 rings (SSSR count). The second-order valence-corrected chi connectivity index (χ2v) is 8.33. The number of nitrogens with one attached hydrogen (secondary N) is 1. The SMILES string of the molecule is CC(C)(C)NCc1nnnn1C1CCS(=O)(=O)CC1. The van der Waals surface area contributed by atoms with Gasteiger partial charge in [0.25, 0.3) is 0 Å². The minimum atomic E-state index is -2.85. The Labute approximate surface area is 113 Å². The van der Waals surface area contributed by atoms with Crippen molar-refractivity contribution in [2.24, 2.45) is 0 Å². The van der Waals surface area contributed by atoms with Crippen LogP contribution in [0.5, 0.6) is 0 Å². The first-order valence-electron chi connectivity index (χ1n) is 6.49. The lowest BCUT2D eigenvalue weighted by Gasteiger charge is -2.24. The predicted molar refractivity (Wildman–Crippen MR) is 71.3 cm³/mol. The van der Waals surface area contributed by atoms with E-state index in [0.717, 1.165) is 5.82 Å². The van der Waals surface area contributed by atoms with Gasteiger partial charge < -0.3 is 5.32 Å². The molecule has 1 aromatic heterocycles. The molecule has 0 aromatic carbocycles. The van der Waals surface area contributed by atoms with E-state index in [1.54, 1.807) is 4.68 Å². The normalized spacial score (nSPS) is 20.6. The molecular weight excluding hydrogens is 266 g/mol. The third-order valence-corrected chi connectivity index (χ3v) is 4.92. The first-order valence-corrected chi connectivity index (χ1v) is 8.31. The fourth-order valence-corrected chi connectivity index (χ4v) is 3.55. The molecule has 7 nitrogen and oxygen atoms in total. The summed E-state index contributed by atoms with van der Waals surface area (Å²) < 4.78 is 24.6. The number of hydrogen-bond donors (Lipinski definition) is 1. The molecular formula is C11H21N5O2S. The fourth-order valence-electron chi connectivity index (χ4n) is 2.08. The summed E-state index contributed by atoms with van der Waals surface area (Å²) in [6.45, 7) is 6.82. The number of rotatable bonds is 3. The van der Waals surface area contributed by atoms with Crippen LogP contribution in [-0.2, 0) is 16.4 Å². The molecule has 0 spiro atoms. The Morgan fingerprint density at radius 3 is 2.53 bits per heavy atom. The molecule has 1 aromatic rings. The van der Waals surface area contributed by atoms with Gasteiger partial charge in [0.05, 0.1) is 24.1 Å². The monoisotopic (exact) mass is 287 g/mol. The average Bonchev–Trinajstić information content (AvgIpc) is 2.73. The van der Waals surface area contributed by atoms with E-state index >= 15 is 0 Å². The van der Waals surface area contributed by atoms with Gasteiger partial charge in [0.15, 0.2) is 5.82 Å². The third-order valence-electron chi connectivity index (χ3n) is 3.21. The van der Waals surface area contributed by atoms with Crippen LogP contribution in [0.4, 0.5) is 0 Å². The summed E-state index contributed by atoms with van der Waals surface area (Å²) in [5.74, 6) is 1.21. The molecule has 0 unspecified atom stereocenters. The Balaban J connectivity index is 2.04. The molecule has 0 saturated carbocycles. The zero-order valence-corrected chi connectivity index (χ0v) is 12.4. The highest BCUT2D eigenvalue weighted by molar-refractivity contribution is 7.91. The molecule has 0 radical (unpaired) electrons. The molecule has 1 saturated heterocycles. The van der Waals surface area contributed by atoms with Gasteiger partial charge in [0.1, 0.15) is 9.84 Å². The topological polar surface area (TPSA) is 89.8 Å². The maximum Gasteiger partial charge on any atom is 0.165 e. The highest BCUT2D eigenvalue weighted by Gasteiger charge is 2.27. The molecule has 0 atom stereocenters. The van der Waals surface area contributed by atoms with Gasteiger partial charge in [0.2, 0.25) is 0 Å². The van der Waals surface area contributed by atoms with Gasteiger partial charge >= 0.3 is 0 Å². The average molecular weight is 287 g/mol. The van der Waals surface area contributed by atoms with Crippen LogP contribution in [0.3, 0.4) is 0 Å². The van der Waals surface area contributed by atoms with Gasteiger partial charge in [-0.3, -0.25) is 0 Å². The molecule has 1 N–H and O–H groups in total. The van der Waals surface area contributed by atoms with Crippen molar-refractivity contribution in [1.82, 2.24) is 25.5 Å². The maximum atomic E-state index is 11.4. The molecule has 1 aliphatic heterocycles. The van der Waals surface area contributed by atoms with Crippen LogP contribution in [0.1, 0.15) is 45.5 Å². The zero-order valence-electron chi connectivity index (χ0n) is 11.6. The molecule has 2 heterocycles. The van der Waals surface area contributed by atoms with E-state index in [9.17, 15) is 8.42 Å². The van der Waals surface area contributed by atoms with Crippen LogP contribution in [0, 0.1) is 0 Å². The van der Waals surface area contributed by atoms with Crippen LogP contribution < -0.4 is 5.32 Å². The Kier molecular flexibility index (Phi) is 3.91. The third kappa shape index (κ3) is 3.97. The van der Waals surface area contributed by atoms with Gasteiger partial charge in [-0.2, -0.15) is 0 Å². The van der Waals surface area contributed by atoms with Crippen LogP contribution in [0.25, 0.3) is 0 Å². The smallest absolute Gasteiger partial charge is 0.165 e. The highest BCUT2D eigenvalue weighted by Crippen LogP contribution is 2.23. The fraction of sp³-hybridized carbons (Fsp3) is 0.909. The predicted octanol–water partition coefficient (Wildman–Crippen LogP) is 0.311. The van der Waals surface area contributed by atoms with E-state index in [4.69, 9.17) is 0 Å². The van der Waals surface area contributed by atoms with Gasteiger partial charge in [-0.25, -0.2) is 13.1 Å². The van der Waals surface area contributed by atoms with Crippen LogP contribution in [-0.4, -0.2) is 45.7 Å². The van der Waals surface area contributed by atoms with Crippen molar-refractivity contribution in [2.45, 2.75) is 51.7 Å². The van der Waals surface area contributed by atoms with E-state index < -0.39 is 9.84 Å². The number of sulfone groups is 1. The minimum Gasteiger partial charge on any atom is -0.305 e. The molecule has 108 valence electrons. The zero-order chi connectivity index (χ0) is 14.1. The van der Waals surface area contributed by atoms with E-state index in [1.807, 2.05) is 0 Å². The largest absolute Gasteiger partial charge is 0.305 e. The lowest BCUT2D eigenvalue weighted by molar-refractivity contribution is 0.367. The van der Waals surface area contributed by atoms with Crippen LogP contribution >= 0.6 is 0 Å². The van der Waals surface area contributed by atoms with Crippen molar-refractivity contribution in [3.63, 3.8) is 0 Å². The van der Waals surface area contributed by atoms with Crippen LogP contribution in [0.15, 0.2) is 0 Å². The van der Waals surface area contributed by atoms with Crippen molar-refractivity contribution >= 4 is 9.84 Å².